The molecular weight excluding hydrogens is 538 g/mol. The number of sulfonamides is 1. The van der Waals surface area contributed by atoms with Gasteiger partial charge in [-0.1, -0.05) is 35.9 Å². The molecule has 0 saturated heterocycles. The zero-order valence-corrected chi connectivity index (χ0v) is 22.4. The average Bonchev–Trinajstić information content (AvgIpc) is 3.28. The first kappa shape index (κ1) is 28.4. The Kier molecular flexibility index (Phi) is 8.30. The van der Waals surface area contributed by atoms with Gasteiger partial charge in [0.05, 0.1) is 4.90 Å². The molecule has 0 aliphatic carbocycles. The molecule has 14 heteroatoms. The van der Waals surface area contributed by atoms with E-state index in [0.717, 1.165) is 11.1 Å². The highest BCUT2D eigenvalue weighted by Gasteiger charge is 2.29. The molecule has 1 aromatic heterocycles. The lowest BCUT2D eigenvalue weighted by molar-refractivity contribution is -0.138. The van der Waals surface area contributed by atoms with Gasteiger partial charge in [-0.05, 0) is 37.1 Å². The molecule has 4 rings (SSSR count). The lowest BCUT2D eigenvalue weighted by atomic mass is 10.1. The van der Waals surface area contributed by atoms with Gasteiger partial charge in [0.2, 0.25) is 10.0 Å². The van der Waals surface area contributed by atoms with E-state index in [0.29, 0.717) is 25.1 Å². The van der Waals surface area contributed by atoms with Crippen LogP contribution in [0.5, 0.6) is 0 Å². The van der Waals surface area contributed by atoms with Gasteiger partial charge in [-0.25, -0.2) is 8.42 Å². The number of aromatic nitrogens is 2. The lowest BCUT2D eigenvalue weighted by Crippen LogP contribution is -2.48. The van der Waals surface area contributed by atoms with E-state index in [1.807, 2.05) is 6.07 Å². The number of carbonyl (C=O) groups is 3. The summed E-state index contributed by atoms with van der Waals surface area (Å²) in [6.07, 6.45) is 0.579. The maximum Gasteiger partial charge on any atom is 0.323 e. The molecule has 0 saturated carbocycles. The highest BCUT2D eigenvalue weighted by Crippen LogP contribution is 2.18. The van der Waals surface area contributed by atoms with Gasteiger partial charge in [0.15, 0.2) is 5.69 Å². The molecule has 210 valence electrons. The number of aryl methyl sites for hydroxylation is 2. The van der Waals surface area contributed by atoms with Crippen molar-refractivity contribution in [3.8, 4) is 0 Å². The standard InChI is InChI=1S/C26H29N7O6S/c1-16-6-8-19(9-7-16)40(38,39)31-21(26(36)37)14-29-24(34)20-13-22-25(35)32(10-3-11-33(22)30-20)15-17-4-2-5-18(12-17)23(27)28/h2,4-9,12-13,21,31H,3,10-11,14-15H2,1H3,(H3,27,28)(H,29,34)(H,36,37)/t21-/m0/s1. The summed E-state index contributed by atoms with van der Waals surface area (Å²) in [6, 6.07) is 12.6. The van der Waals surface area contributed by atoms with Crippen molar-refractivity contribution in [3.63, 3.8) is 0 Å². The molecule has 3 aromatic rings. The topological polar surface area (TPSA) is 201 Å². The summed E-state index contributed by atoms with van der Waals surface area (Å²) < 4.78 is 28.8. The first-order chi connectivity index (χ1) is 18.9. The number of benzene rings is 2. The van der Waals surface area contributed by atoms with Crippen LogP contribution < -0.4 is 15.8 Å². The van der Waals surface area contributed by atoms with Gasteiger partial charge in [0.25, 0.3) is 11.8 Å². The van der Waals surface area contributed by atoms with Gasteiger partial charge in [-0.2, -0.15) is 9.82 Å². The molecule has 0 fully saturated rings. The molecule has 6 N–H and O–H groups in total. The fourth-order valence-electron chi connectivity index (χ4n) is 4.19. The summed E-state index contributed by atoms with van der Waals surface area (Å²) >= 11 is 0. The number of hydrogen-bond acceptors (Lipinski definition) is 7. The summed E-state index contributed by atoms with van der Waals surface area (Å²) in [5.74, 6) is -2.65. The van der Waals surface area contributed by atoms with E-state index in [1.54, 1.807) is 42.2 Å². The smallest absolute Gasteiger partial charge is 0.323 e. The van der Waals surface area contributed by atoms with Crippen molar-refractivity contribution in [2.24, 2.45) is 5.73 Å². The number of carboxylic acid groups (broad SMARTS) is 1. The first-order valence-electron chi connectivity index (χ1n) is 12.3. The van der Waals surface area contributed by atoms with Crippen LogP contribution in [-0.4, -0.2) is 71.0 Å². The Labute approximate surface area is 230 Å². The van der Waals surface area contributed by atoms with Crippen LogP contribution in [0.4, 0.5) is 0 Å². The highest BCUT2D eigenvalue weighted by molar-refractivity contribution is 7.89. The van der Waals surface area contributed by atoms with Crippen molar-refractivity contribution in [3.05, 3.63) is 82.7 Å². The van der Waals surface area contributed by atoms with Crippen LogP contribution in [0, 0.1) is 12.3 Å². The largest absolute Gasteiger partial charge is 0.480 e. The molecule has 40 heavy (non-hydrogen) atoms. The fourth-order valence-corrected chi connectivity index (χ4v) is 5.38. The molecule has 2 aromatic carbocycles. The monoisotopic (exact) mass is 567 g/mol. The number of amides is 2. The van der Waals surface area contributed by atoms with Gasteiger partial charge in [-0.3, -0.25) is 24.5 Å². The van der Waals surface area contributed by atoms with E-state index in [2.05, 4.69) is 15.1 Å². The Morgan fingerprint density at radius 2 is 1.88 bits per heavy atom. The summed E-state index contributed by atoms with van der Waals surface area (Å²) in [6.45, 7) is 2.35. The van der Waals surface area contributed by atoms with Crippen LogP contribution in [0.15, 0.2) is 59.5 Å². The Morgan fingerprint density at radius 1 is 1.15 bits per heavy atom. The molecule has 0 spiro atoms. The van der Waals surface area contributed by atoms with Gasteiger partial charge in [0.1, 0.15) is 17.6 Å². The second kappa shape index (κ2) is 11.7. The Hall–Kier alpha value is -4.56. The van der Waals surface area contributed by atoms with Gasteiger partial charge in [-0.15, -0.1) is 0 Å². The molecule has 0 unspecified atom stereocenters. The van der Waals surface area contributed by atoms with E-state index in [1.165, 1.54) is 22.9 Å². The second-order valence-electron chi connectivity index (χ2n) is 9.37. The van der Waals surface area contributed by atoms with E-state index >= 15 is 0 Å². The van der Waals surface area contributed by atoms with Gasteiger partial charge < -0.3 is 21.1 Å². The number of nitrogens with zero attached hydrogens (tertiary/aromatic N) is 3. The number of fused-ring (bicyclic) bond motifs is 1. The molecule has 0 bridgehead atoms. The zero-order valence-electron chi connectivity index (χ0n) is 21.6. The minimum Gasteiger partial charge on any atom is -0.480 e. The van der Waals surface area contributed by atoms with Crippen LogP contribution in [0.2, 0.25) is 0 Å². The van der Waals surface area contributed by atoms with E-state index < -0.39 is 34.5 Å². The number of rotatable bonds is 10. The normalized spacial score (nSPS) is 14.2. The Bertz CT molecular complexity index is 1570. The average molecular weight is 568 g/mol. The fraction of sp³-hybridized carbons (Fsp3) is 0.269. The van der Waals surface area contributed by atoms with Crippen LogP contribution >= 0.6 is 0 Å². The zero-order chi connectivity index (χ0) is 29.0. The molecule has 2 amide bonds. The van der Waals surface area contributed by atoms with Crippen molar-refractivity contribution >= 4 is 33.6 Å². The van der Waals surface area contributed by atoms with E-state index in [9.17, 15) is 27.9 Å². The Balaban J connectivity index is 1.44. The maximum atomic E-state index is 13.3. The van der Waals surface area contributed by atoms with Crippen molar-refractivity contribution in [1.29, 1.82) is 5.41 Å². The van der Waals surface area contributed by atoms with E-state index in [-0.39, 0.29) is 34.6 Å². The number of nitrogen functional groups attached to an aromatic ring is 1. The third-order valence-electron chi connectivity index (χ3n) is 6.32. The van der Waals surface area contributed by atoms with Crippen molar-refractivity contribution in [2.75, 3.05) is 13.1 Å². The van der Waals surface area contributed by atoms with Crippen LogP contribution in [0.3, 0.4) is 0 Å². The minimum absolute atomic E-state index is 0.0779. The molecule has 1 atom stereocenters. The SMILES string of the molecule is Cc1ccc(S(=O)(=O)N[C@@H](CNC(=O)c2cc3n(n2)CCCN(Cc2cccc(C(=N)N)c2)C3=O)C(=O)O)cc1. The summed E-state index contributed by atoms with van der Waals surface area (Å²) in [7, 11) is -4.16. The molecule has 2 heterocycles. The maximum absolute atomic E-state index is 13.3. The summed E-state index contributed by atoms with van der Waals surface area (Å²) in [5, 5.41) is 23.8. The molecule has 1 aliphatic rings. The minimum atomic E-state index is -4.16. The second-order valence-corrected chi connectivity index (χ2v) is 11.1. The first-order valence-corrected chi connectivity index (χ1v) is 13.8. The molecular formula is C26H29N7O6S. The van der Waals surface area contributed by atoms with Crippen molar-refractivity contribution < 1.29 is 27.9 Å². The summed E-state index contributed by atoms with van der Waals surface area (Å²) in [5.41, 5.74) is 7.84. The Morgan fingerprint density at radius 3 is 2.55 bits per heavy atom. The summed E-state index contributed by atoms with van der Waals surface area (Å²) in [4.78, 5) is 39.3. The third kappa shape index (κ3) is 6.52. The van der Waals surface area contributed by atoms with E-state index in [4.69, 9.17) is 11.1 Å². The number of hydrogen-bond donors (Lipinski definition) is 5. The van der Waals surface area contributed by atoms with Crippen LogP contribution in [0.1, 0.15) is 44.1 Å². The molecule has 13 nitrogen and oxygen atoms in total. The third-order valence-corrected chi connectivity index (χ3v) is 7.81. The number of nitrogens with two attached hydrogens (primary N) is 1. The van der Waals surface area contributed by atoms with Gasteiger partial charge in [0, 0.05) is 37.8 Å². The number of carbonyl (C=O) groups excluding carboxylic acids is 2. The number of amidine groups is 1. The number of nitrogens with one attached hydrogen (secondary N) is 3. The molecule has 0 radical (unpaired) electrons. The van der Waals surface area contributed by atoms with Crippen LogP contribution in [-0.2, 0) is 27.9 Å². The highest BCUT2D eigenvalue weighted by atomic mass is 32.2. The lowest BCUT2D eigenvalue weighted by Gasteiger charge is -2.20. The van der Waals surface area contributed by atoms with Gasteiger partial charge >= 0.3 is 5.97 Å². The predicted octanol–water partition coefficient (Wildman–Crippen LogP) is 0.683. The number of carboxylic acids is 1. The predicted molar refractivity (Wildman–Crippen MR) is 144 cm³/mol. The van der Waals surface area contributed by atoms with Crippen molar-refractivity contribution in [2.45, 2.75) is 37.4 Å². The van der Waals surface area contributed by atoms with Crippen molar-refractivity contribution in [1.82, 2.24) is 24.7 Å². The van der Waals surface area contributed by atoms with Crippen LogP contribution in [0.25, 0.3) is 0 Å². The molecule has 1 aliphatic heterocycles. The number of aliphatic carboxylic acids is 1. The quantitative estimate of drug-likeness (QED) is 0.174.